The SMILES string of the molecule is Cc1cccc(NC(=O)c2ccc(-c3cccs3)cc2)c1. The first kappa shape index (κ1) is 13.6. The second-order valence-corrected chi connectivity index (χ2v) is 5.83. The number of hydrogen-bond acceptors (Lipinski definition) is 2. The van der Waals surface area contributed by atoms with Crippen molar-refractivity contribution < 1.29 is 4.79 Å². The lowest BCUT2D eigenvalue weighted by Gasteiger charge is -2.06. The van der Waals surface area contributed by atoms with Crippen LogP contribution in [0.4, 0.5) is 5.69 Å². The van der Waals surface area contributed by atoms with E-state index in [4.69, 9.17) is 0 Å². The van der Waals surface area contributed by atoms with Gasteiger partial charge in [0.25, 0.3) is 5.91 Å². The Balaban J connectivity index is 1.76. The summed E-state index contributed by atoms with van der Waals surface area (Å²) in [4.78, 5) is 13.4. The number of amides is 1. The van der Waals surface area contributed by atoms with E-state index in [1.165, 1.54) is 4.88 Å². The van der Waals surface area contributed by atoms with E-state index in [1.807, 2.05) is 66.9 Å². The molecule has 1 amide bonds. The number of carbonyl (C=O) groups excluding carboxylic acids is 1. The molecule has 1 aromatic heterocycles. The molecule has 2 nitrogen and oxygen atoms in total. The summed E-state index contributed by atoms with van der Waals surface area (Å²) < 4.78 is 0. The van der Waals surface area contributed by atoms with Crippen LogP contribution in [0.2, 0.25) is 0 Å². The molecule has 0 unspecified atom stereocenters. The van der Waals surface area contributed by atoms with Gasteiger partial charge in [-0.05, 0) is 53.8 Å². The minimum atomic E-state index is -0.0849. The maximum Gasteiger partial charge on any atom is 0.255 e. The third kappa shape index (κ3) is 3.20. The van der Waals surface area contributed by atoms with Crippen LogP contribution in [0.15, 0.2) is 66.0 Å². The van der Waals surface area contributed by atoms with E-state index in [2.05, 4.69) is 11.4 Å². The van der Waals surface area contributed by atoms with E-state index >= 15 is 0 Å². The van der Waals surface area contributed by atoms with Gasteiger partial charge in [0.2, 0.25) is 0 Å². The minimum Gasteiger partial charge on any atom is -0.322 e. The number of carbonyl (C=O) groups is 1. The highest BCUT2D eigenvalue weighted by atomic mass is 32.1. The van der Waals surface area contributed by atoms with Crippen LogP contribution in [-0.2, 0) is 0 Å². The third-order valence-corrected chi connectivity index (χ3v) is 4.15. The van der Waals surface area contributed by atoms with Crippen molar-refractivity contribution in [3.8, 4) is 10.4 Å². The fourth-order valence-corrected chi connectivity index (χ4v) is 2.89. The Morgan fingerprint density at radius 1 is 1.00 bits per heavy atom. The molecule has 1 heterocycles. The zero-order valence-electron chi connectivity index (χ0n) is 11.7. The lowest BCUT2D eigenvalue weighted by atomic mass is 10.1. The molecular formula is C18H15NOS. The Labute approximate surface area is 128 Å². The number of nitrogens with one attached hydrogen (secondary N) is 1. The fourth-order valence-electron chi connectivity index (χ4n) is 2.15. The molecule has 0 spiro atoms. The average molecular weight is 293 g/mol. The van der Waals surface area contributed by atoms with Gasteiger partial charge in [0, 0.05) is 16.1 Å². The van der Waals surface area contributed by atoms with Crippen molar-refractivity contribution in [2.24, 2.45) is 0 Å². The highest BCUT2D eigenvalue weighted by molar-refractivity contribution is 7.13. The van der Waals surface area contributed by atoms with Gasteiger partial charge in [0.15, 0.2) is 0 Å². The number of benzene rings is 2. The summed E-state index contributed by atoms with van der Waals surface area (Å²) in [6.07, 6.45) is 0. The summed E-state index contributed by atoms with van der Waals surface area (Å²) in [5, 5.41) is 4.97. The van der Waals surface area contributed by atoms with Gasteiger partial charge in [0.05, 0.1) is 0 Å². The first-order valence-corrected chi connectivity index (χ1v) is 7.62. The largest absolute Gasteiger partial charge is 0.322 e. The van der Waals surface area contributed by atoms with Crippen LogP contribution in [0.25, 0.3) is 10.4 Å². The molecule has 0 bridgehead atoms. The van der Waals surface area contributed by atoms with E-state index in [1.54, 1.807) is 11.3 Å². The van der Waals surface area contributed by atoms with E-state index in [9.17, 15) is 4.79 Å². The van der Waals surface area contributed by atoms with Gasteiger partial charge in [0.1, 0.15) is 0 Å². The third-order valence-electron chi connectivity index (χ3n) is 3.23. The van der Waals surface area contributed by atoms with E-state index in [-0.39, 0.29) is 5.91 Å². The molecular weight excluding hydrogens is 278 g/mol. The van der Waals surface area contributed by atoms with Crippen LogP contribution >= 0.6 is 11.3 Å². The van der Waals surface area contributed by atoms with Gasteiger partial charge in [-0.3, -0.25) is 4.79 Å². The van der Waals surface area contributed by atoms with Crippen LogP contribution < -0.4 is 5.32 Å². The number of thiophene rings is 1. The summed E-state index contributed by atoms with van der Waals surface area (Å²) in [6.45, 7) is 2.01. The molecule has 0 aliphatic heterocycles. The first-order chi connectivity index (χ1) is 10.2. The van der Waals surface area contributed by atoms with Gasteiger partial charge >= 0.3 is 0 Å². The Hall–Kier alpha value is -2.39. The molecule has 104 valence electrons. The van der Waals surface area contributed by atoms with Gasteiger partial charge in [-0.15, -0.1) is 11.3 Å². The Morgan fingerprint density at radius 2 is 1.81 bits per heavy atom. The van der Waals surface area contributed by atoms with Crippen LogP contribution in [0.1, 0.15) is 15.9 Å². The molecule has 21 heavy (non-hydrogen) atoms. The number of hydrogen-bond donors (Lipinski definition) is 1. The van der Waals surface area contributed by atoms with Crippen molar-refractivity contribution in [1.82, 2.24) is 0 Å². The number of aryl methyl sites for hydroxylation is 1. The maximum absolute atomic E-state index is 12.2. The molecule has 3 rings (SSSR count). The van der Waals surface area contributed by atoms with Crippen LogP contribution in [0, 0.1) is 6.92 Å². The summed E-state index contributed by atoms with van der Waals surface area (Å²) >= 11 is 1.69. The second kappa shape index (κ2) is 5.94. The number of anilines is 1. The molecule has 0 atom stereocenters. The predicted molar refractivity (Wildman–Crippen MR) is 88.9 cm³/mol. The van der Waals surface area contributed by atoms with Crippen molar-refractivity contribution >= 4 is 22.9 Å². The number of rotatable bonds is 3. The monoisotopic (exact) mass is 293 g/mol. The lowest BCUT2D eigenvalue weighted by molar-refractivity contribution is 0.102. The highest BCUT2D eigenvalue weighted by Gasteiger charge is 2.07. The maximum atomic E-state index is 12.2. The topological polar surface area (TPSA) is 29.1 Å². The van der Waals surface area contributed by atoms with Crippen molar-refractivity contribution in [2.75, 3.05) is 5.32 Å². The van der Waals surface area contributed by atoms with Crippen molar-refractivity contribution in [1.29, 1.82) is 0 Å². The summed E-state index contributed by atoms with van der Waals surface area (Å²) in [6, 6.07) is 19.6. The van der Waals surface area contributed by atoms with Crippen LogP contribution in [0.5, 0.6) is 0 Å². The molecule has 3 aromatic rings. The normalized spacial score (nSPS) is 10.3. The molecule has 3 heteroatoms. The van der Waals surface area contributed by atoms with Gasteiger partial charge in [-0.2, -0.15) is 0 Å². The molecule has 0 radical (unpaired) electrons. The lowest BCUT2D eigenvalue weighted by Crippen LogP contribution is -2.11. The Bertz CT molecular complexity index is 745. The second-order valence-electron chi connectivity index (χ2n) is 4.88. The Morgan fingerprint density at radius 3 is 2.48 bits per heavy atom. The predicted octanol–water partition coefficient (Wildman–Crippen LogP) is 4.98. The zero-order valence-corrected chi connectivity index (χ0v) is 12.5. The van der Waals surface area contributed by atoms with Gasteiger partial charge in [-0.1, -0.05) is 30.3 Å². The molecule has 0 saturated heterocycles. The van der Waals surface area contributed by atoms with E-state index in [0.717, 1.165) is 16.8 Å². The van der Waals surface area contributed by atoms with Gasteiger partial charge < -0.3 is 5.32 Å². The average Bonchev–Trinajstić information content (AvgIpc) is 3.01. The van der Waals surface area contributed by atoms with Crippen LogP contribution in [-0.4, -0.2) is 5.91 Å². The van der Waals surface area contributed by atoms with Crippen molar-refractivity contribution in [2.45, 2.75) is 6.92 Å². The molecule has 1 N–H and O–H groups in total. The summed E-state index contributed by atoms with van der Waals surface area (Å²) in [7, 11) is 0. The Kier molecular flexibility index (Phi) is 3.84. The standard InChI is InChI=1S/C18H15NOS/c1-13-4-2-5-16(12-13)19-18(20)15-9-7-14(8-10-15)17-6-3-11-21-17/h2-12H,1H3,(H,19,20). The van der Waals surface area contributed by atoms with Crippen molar-refractivity contribution in [3.63, 3.8) is 0 Å². The molecule has 0 aliphatic carbocycles. The van der Waals surface area contributed by atoms with E-state index < -0.39 is 0 Å². The molecule has 0 aliphatic rings. The molecule has 2 aromatic carbocycles. The highest BCUT2D eigenvalue weighted by Crippen LogP contribution is 2.24. The molecule has 0 saturated carbocycles. The van der Waals surface area contributed by atoms with Crippen LogP contribution in [0.3, 0.4) is 0 Å². The molecule has 0 fully saturated rings. The minimum absolute atomic E-state index is 0.0849. The van der Waals surface area contributed by atoms with Crippen molar-refractivity contribution in [3.05, 3.63) is 77.2 Å². The van der Waals surface area contributed by atoms with E-state index in [0.29, 0.717) is 5.56 Å². The zero-order chi connectivity index (χ0) is 14.7. The first-order valence-electron chi connectivity index (χ1n) is 6.74. The smallest absolute Gasteiger partial charge is 0.255 e. The van der Waals surface area contributed by atoms with Gasteiger partial charge in [-0.25, -0.2) is 0 Å². The fraction of sp³-hybridized carbons (Fsp3) is 0.0556. The summed E-state index contributed by atoms with van der Waals surface area (Å²) in [5.74, 6) is -0.0849. The summed E-state index contributed by atoms with van der Waals surface area (Å²) in [5.41, 5.74) is 3.75. The quantitative estimate of drug-likeness (QED) is 0.725.